The zero-order chi connectivity index (χ0) is 30.3. The van der Waals surface area contributed by atoms with E-state index in [1.54, 1.807) is 37.3 Å². The summed E-state index contributed by atoms with van der Waals surface area (Å²) in [4.78, 5) is 29.1. The van der Waals surface area contributed by atoms with Gasteiger partial charge in [-0.2, -0.15) is 0 Å². The first kappa shape index (κ1) is 32.7. The topological polar surface area (TPSA) is 86.8 Å². The van der Waals surface area contributed by atoms with E-state index in [0.29, 0.717) is 27.2 Å². The molecule has 1 atom stereocenters. The molecule has 3 aromatic carbocycles. The Hall–Kier alpha value is -2.78. The van der Waals surface area contributed by atoms with Crippen LogP contribution in [0.25, 0.3) is 0 Å². The Morgan fingerprint density at radius 1 is 0.878 bits per heavy atom. The first-order valence-corrected chi connectivity index (χ1v) is 16.0. The molecule has 0 spiro atoms. The molecular weight excluding hydrogens is 605 g/mol. The van der Waals surface area contributed by atoms with Gasteiger partial charge in [-0.1, -0.05) is 91.1 Å². The molecule has 1 N–H and O–H groups in total. The maximum atomic E-state index is 14.1. The highest BCUT2D eigenvalue weighted by Gasteiger charge is 2.33. The molecule has 0 aromatic heterocycles. The van der Waals surface area contributed by atoms with Crippen LogP contribution in [0.5, 0.6) is 0 Å². The van der Waals surface area contributed by atoms with Crippen molar-refractivity contribution < 1.29 is 18.0 Å². The molecular formula is C30H34Cl3N3O4S. The van der Waals surface area contributed by atoms with E-state index in [2.05, 4.69) is 5.32 Å². The van der Waals surface area contributed by atoms with Crippen molar-refractivity contribution in [1.82, 2.24) is 10.2 Å². The van der Waals surface area contributed by atoms with E-state index in [1.807, 2.05) is 44.2 Å². The van der Waals surface area contributed by atoms with E-state index in [1.165, 1.54) is 11.0 Å². The van der Waals surface area contributed by atoms with Gasteiger partial charge >= 0.3 is 0 Å². The van der Waals surface area contributed by atoms with Crippen molar-refractivity contribution in [2.24, 2.45) is 5.92 Å². The second-order valence-corrected chi connectivity index (χ2v) is 13.4. The summed E-state index contributed by atoms with van der Waals surface area (Å²) in [5.74, 6) is -0.735. The van der Waals surface area contributed by atoms with Crippen LogP contribution < -0.4 is 9.62 Å². The summed E-state index contributed by atoms with van der Waals surface area (Å²) in [7, 11) is -3.90. The van der Waals surface area contributed by atoms with Crippen LogP contribution in [0.15, 0.2) is 66.7 Å². The third kappa shape index (κ3) is 9.36. The molecule has 41 heavy (non-hydrogen) atoms. The van der Waals surface area contributed by atoms with E-state index in [4.69, 9.17) is 34.8 Å². The number of aryl methyl sites for hydroxylation is 1. The van der Waals surface area contributed by atoms with Gasteiger partial charge in [0.05, 0.1) is 22.0 Å². The van der Waals surface area contributed by atoms with Gasteiger partial charge in [-0.3, -0.25) is 13.9 Å². The Labute approximate surface area is 257 Å². The van der Waals surface area contributed by atoms with Crippen molar-refractivity contribution in [3.63, 3.8) is 0 Å². The number of hydrogen-bond acceptors (Lipinski definition) is 4. The number of carbonyl (C=O) groups is 2. The summed E-state index contributed by atoms with van der Waals surface area (Å²) in [5.41, 5.74) is 2.48. The Bertz CT molecular complexity index is 1480. The number of amides is 2. The number of benzene rings is 3. The summed E-state index contributed by atoms with van der Waals surface area (Å²) in [6.45, 7) is 5.61. The third-order valence-electron chi connectivity index (χ3n) is 6.42. The lowest BCUT2D eigenvalue weighted by Crippen LogP contribution is -2.53. The van der Waals surface area contributed by atoms with Gasteiger partial charge in [0.1, 0.15) is 12.6 Å². The molecule has 0 bridgehead atoms. The van der Waals surface area contributed by atoms with Gasteiger partial charge in [0, 0.05) is 24.5 Å². The van der Waals surface area contributed by atoms with Gasteiger partial charge in [0.25, 0.3) is 0 Å². The Morgan fingerprint density at radius 3 is 2.15 bits per heavy atom. The van der Waals surface area contributed by atoms with Crippen LogP contribution in [0.1, 0.15) is 30.5 Å². The first-order valence-electron chi connectivity index (χ1n) is 13.0. The van der Waals surface area contributed by atoms with Crippen molar-refractivity contribution in [3.8, 4) is 0 Å². The van der Waals surface area contributed by atoms with Crippen molar-refractivity contribution >= 4 is 62.3 Å². The normalized spacial score (nSPS) is 12.2. The van der Waals surface area contributed by atoms with Gasteiger partial charge in [-0.15, -0.1) is 0 Å². The number of nitrogens with zero attached hydrogens (tertiary/aromatic N) is 2. The van der Waals surface area contributed by atoms with E-state index >= 15 is 0 Å². The van der Waals surface area contributed by atoms with Crippen LogP contribution in [0, 0.1) is 12.8 Å². The number of rotatable bonds is 12. The molecule has 0 aliphatic carbocycles. The number of halogens is 3. The molecule has 0 saturated carbocycles. The maximum Gasteiger partial charge on any atom is 0.244 e. The molecule has 0 saturated heterocycles. The van der Waals surface area contributed by atoms with Crippen molar-refractivity contribution in [1.29, 1.82) is 0 Å². The van der Waals surface area contributed by atoms with Crippen LogP contribution >= 0.6 is 34.8 Å². The summed E-state index contributed by atoms with van der Waals surface area (Å²) in [6.07, 6.45) is 1.24. The van der Waals surface area contributed by atoms with Gasteiger partial charge in [-0.05, 0) is 53.8 Å². The molecule has 0 heterocycles. The number of carbonyl (C=O) groups excluding carboxylic acids is 2. The molecule has 7 nitrogen and oxygen atoms in total. The molecule has 2 amide bonds. The maximum absolute atomic E-state index is 14.1. The monoisotopic (exact) mass is 637 g/mol. The average Bonchev–Trinajstić information content (AvgIpc) is 2.91. The average molecular weight is 639 g/mol. The number of nitrogens with one attached hydrogen (secondary N) is 1. The van der Waals surface area contributed by atoms with Gasteiger partial charge in [0.2, 0.25) is 21.8 Å². The molecule has 3 rings (SSSR count). The van der Waals surface area contributed by atoms with Crippen molar-refractivity contribution in [2.45, 2.75) is 39.8 Å². The van der Waals surface area contributed by atoms with Gasteiger partial charge in [-0.25, -0.2) is 8.42 Å². The molecule has 0 aliphatic rings. The van der Waals surface area contributed by atoms with Gasteiger partial charge < -0.3 is 10.2 Å². The Balaban J connectivity index is 2.07. The fourth-order valence-corrected chi connectivity index (χ4v) is 5.50. The van der Waals surface area contributed by atoms with E-state index in [0.717, 1.165) is 21.7 Å². The highest BCUT2D eigenvalue weighted by Crippen LogP contribution is 2.27. The molecule has 0 radical (unpaired) electrons. The van der Waals surface area contributed by atoms with E-state index in [9.17, 15) is 18.0 Å². The first-order chi connectivity index (χ1) is 19.3. The van der Waals surface area contributed by atoms with Crippen LogP contribution in [-0.4, -0.2) is 50.5 Å². The van der Waals surface area contributed by atoms with E-state index in [-0.39, 0.29) is 30.5 Å². The standard InChI is InChI=1S/C30H34Cl3N3O4S/c1-20(2)17-34-30(38)28(15-22-8-6-5-7-9-22)35(18-23-11-13-25(31)27(33)14-23)29(37)19-36(41(4,39)40)24-12-10-21(3)26(32)16-24/h5-14,16,20,28H,15,17-19H2,1-4H3,(H,34,38)/t28-/m0/s1. The summed E-state index contributed by atoms with van der Waals surface area (Å²) in [5, 5.41) is 3.96. The van der Waals surface area contributed by atoms with Crippen LogP contribution in [0.3, 0.4) is 0 Å². The van der Waals surface area contributed by atoms with E-state index < -0.39 is 28.5 Å². The lowest BCUT2D eigenvalue weighted by Gasteiger charge is -2.33. The zero-order valence-electron chi connectivity index (χ0n) is 23.4. The zero-order valence-corrected chi connectivity index (χ0v) is 26.5. The van der Waals surface area contributed by atoms with Gasteiger partial charge in [0.15, 0.2) is 0 Å². The third-order valence-corrected chi connectivity index (χ3v) is 8.70. The Morgan fingerprint density at radius 2 is 1.56 bits per heavy atom. The quantitative estimate of drug-likeness (QED) is 0.259. The predicted octanol–water partition coefficient (Wildman–Crippen LogP) is 6.13. The summed E-state index contributed by atoms with van der Waals surface area (Å²) >= 11 is 18.7. The molecule has 0 aliphatic heterocycles. The predicted molar refractivity (Wildman–Crippen MR) is 167 cm³/mol. The second-order valence-electron chi connectivity index (χ2n) is 10.3. The fourth-order valence-electron chi connectivity index (χ4n) is 4.16. The number of sulfonamides is 1. The summed E-state index contributed by atoms with van der Waals surface area (Å²) in [6, 6.07) is 18.1. The molecule has 0 fully saturated rings. The smallest absolute Gasteiger partial charge is 0.244 e. The minimum Gasteiger partial charge on any atom is -0.354 e. The van der Waals surface area contributed by atoms with Crippen molar-refractivity contribution in [3.05, 3.63) is 98.5 Å². The Kier molecular flexibility index (Phi) is 11.5. The van der Waals surface area contributed by atoms with Crippen molar-refractivity contribution in [2.75, 3.05) is 23.7 Å². The highest BCUT2D eigenvalue weighted by molar-refractivity contribution is 7.92. The second kappa shape index (κ2) is 14.4. The fraction of sp³-hybridized carbons (Fsp3) is 0.333. The number of anilines is 1. The molecule has 0 unspecified atom stereocenters. The highest BCUT2D eigenvalue weighted by atomic mass is 35.5. The lowest BCUT2D eigenvalue weighted by molar-refractivity contribution is -0.140. The van der Waals surface area contributed by atoms with Crippen LogP contribution in [0.2, 0.25) is 15.1 Å². The van der Waals surface area contributed by atoms with Crippen LogP contribution in [0.4, 0.5) is 5.69 Å². The largest absolute Gasteiger partial charge is 0.354 e. The lowest BCUT2D eigenvalue weighted by atomic mass is 10.0. The number of hydrogen-bond donors (Lipinski definition) is 1. The minimum atomic E-state index is -3.90. The molecule has 3 aromatic rings. The molecule has 220 valence electrons. The SMILES string of the molecule is Cc1ccc(N(CC(=O)N(Cc2ccc(Cl)c(Cl)c2)[C@@H](Cc2ccccc2)C(=O)NCC(C)C)S(C)(=O)=O)cc1Cl. The molecule has 11 heteroatoms. The van der Waals surface area contributed by atoms with Crippen LogP contribution in [-0.2, 0) is 32.6 Å². The minimum absolute atomic E-state index is 0.00538. The summed E-state index contributed by atoms with van der Waals surface area (Å²) < 4.78 is 26.8.